The van der Waals surface area contributed by atoms with Gasteiger partial charge >= 0.3 is 0 Å². The summed E-state index contributed by atoms with van der Waals surface area (Å²) in [6, 6.07) is 14.9. The van der Waals surface area contributed by atoms with Crippen LogP contribution in [-0.4, -0.2) is 29.1 Å². The van der Waals surface area contributed by atoms with Crippen LogP contribution in [0.1, 0.15) is 0 Å². The molecule has 33 heavy (non-hydrogen) atoms. The van der Waals surface area contributed by atoms with Crippen LogP contribution in [0.3, 0.4) is 0 Å². The van der Waals surface area contributed by atoms with Gasteiger partial charge in [0.05, 0.1) is 21.7 Å². The van der Waals surface area contributed by atoms with Gasteiger partial charge in [0, 0.05) is 21.8 Å². The molecule has 4 rings (SSSR count). The standard InChI is InChI=1S/C23H17N3O6S/c1-2-20(27)24-13-6-5-7-14(10-13)25-26-19-12-15(33(30,31)32)11-18-21(19)23(29)17-9-4-3-8-16(17)22(18)28/h2-12,28-29H,1H2,(H,24,27)(H,30,31,32). The number of nitrogens with zero attached hydrogens (tertiary/aromatic N) is 2. The average Bonchev–Trinajstić information content (AvgIpc) is 2.80. The van der Waals surface area contributed by atoms with Crippen LogP contribution in [0.2, 0.25) is 0 Å². The van der Waals surface area contributed by atoms with Crippen LogP contribution in [-0.2, 0) is 14.9 Å². The maximum absolute atomic E-state index is 11.8. The number of amides is 1. The maximum atomic E-state index is 11.8. The minimum Gasteiger partial charge on any atom is -0.507 e. The number of aromatic hydroxyl groups is 2. The summed E-state index contributed by atoms with van der Waals surface area (Å²) in [5.74, 6) is -0.932. The molecule has 4 N–H and O–H groups in total. The molecule has 10 heteroatoms. The van der Waals surface area contributed by atoms with Crippen molar-refractivity contribution in [2.24, 2.45) is 10.2 Å². The lowest BCUT2D eigenvalue weighted by molar-refractivity contribution is -0.111. The maximum Gasteiger partial charge on any atom is 0.294 e. The lowest BCUT2D eigenvalue weighted by Crippen LogP contribution is -2.06. The van der Waals surface area contributed by atoms with E-state index in [0.29, 0.717) is 22.1 Å². The molecule has 4 aromatic rings. The molecule has 0 radical (unpaired) electrons. The normalized spacial score (nSPS) is 11.8. The van der Waals surface area contributed by atoms with Gasteiger partial charge in [0.2, 0.25) is 5.91 Å². The number of hydrogen-bond acceptors (Lipinski definition) is 7. The van der Waals surface area contributed by atoms with Crippen molar-refractivity contribution >= 4 is 54.6 Å². The minimum absolute atomic E-state index is 0.0257. The van der Waals surface area contributed by atoms with E-state index in [1.54, 1.807) is 42.5 Å². The zero-order valence-corrected chi connectivity index (χ0v) is 17.7. The van der Waals surface area contributed by atoms with Crippen LogP contribution in [0.25, 0.3) is 21.5 Å². The number of benzene rings is 4. The lowest BCUT2D eigenvalue weighted by atomic mass is 9.99. The first kappa shape index (κ1) is 21.9. The Hall–Kier alpha value is -4.28. The van der Waals surface area contributed by atoms with E-state index in [1.165, 1.54) is 6.07 Å². The fraction of sp³-hybridized carbons (Fsp3) is 0. The molecule has 0 unspecified atom stereocenters. The Morgan fingerprint density at radius 3 is 2.27 bits per heavy atom. The second kappa shape index (κ2) is 8.34. The molecule has 0 aliphatic heterocycles. The number of fused-ring (bicyclic) bond motifs is 2. The van der Waals surface area contributed by atoms with Crippen LogP contribution in [0.4, 0.5) is 17.1 Å². The van der Waals surface area contributed by atoms with E-state index in [9.17, 15) is 28.0 Å². The quantitative estimate of drug-likeness (QED) is 0.105. The van der Waals surface area contributed by atoms with Crippen molar-refractivity contribution in [3.8, 4) is 11.5 Å². The van der Waals surface area contributed by atoms with Crippen molar-refractivity contribution in [2.45, 2.75) is 4.90 Å². The molecule has 1 amide bonds. The Kier molecular flexibility index (Phi) is 5.54. The van der Waals surface area contributed by atoms with E-state index < -0.39 is 20.9 Å². The number of phenols is 2. The topological polar surface area (TPSA) is 149 Å². The molecule has 0 heterocycles. The number of hydrogen-bond donors (Lipinski definition) is 4. The molecule has 0 atom stereocenters. The largest absolute Gasteiger partial charge is 0.507 e. The number of rotatable bonds is 5. The van der Waals surface area contributed by atoms with E-state index in [2.05, 4.69) is 22.1 Å². The second-order valence-electron chi connectivity index (χ2n) is 7.03. The minimum atomic E-state index is -4.66. The van der Waals surface area contributed by atoms with Crippen LogP contribution in [0, 0.1) is 0 Å². The van der Waals surface area contributed by atoms with E-state index in [4.69, 9.17) is 0 Å². The Morgan fingerprint density at radius 1 is 0.909 bits per heavy atom. The highest BCUT2D eigenvalue weighted by Crippen LogP contribution is 2.46. The van der Waals surface area contributed by atoms with Crippen molar-refractivity contribution < 1.29 is 28.0 Å². The summed E-state index contributed by atoms with van der Waals surface area (Å²) < 4.78 is 33.2. The number of phenolic OH excluding ortho intramolecular Hbond substituents is 2. The first-order chi connectivity index (χ1) is 15.7. The van der Waals surface area contributed by atoms with Gasteiger partial charge in [-0.3, -0.25) is 9.35 Å². The molecule has 0 fully saturated rings. The summed E-state index contributed by atoms with van der Waals surface area (Å²) in [6.07, 6.45) is 1.11. The van der Waals surface area contributed by atoms with Gasteiger partial charge in [-0.25, -0.2) is 0 Å². The van der Waals surface area contributed by atoms with E-state index >= 15 is 0 Å². The van der Waals surface area contributed by atoms with Gasteiger partial charge in [0.25, 0.3) is 10.1 Å². The summed E-state index contributed by atoms with van der Waals surface area (Å²) in [7, 11) is -4.66. The first-order valence-electron chi connectivity index (χ1n) is 9.52. The van der Waals surface area contributed by atoms with Gasteiger partial charge in [0.1, 0.15) is 11.5 Å². The Bertz CT molecular complexity index is 1580. The van der Waals surface area contributed by atoms with Crippen molar-refractivity contribution in [3.05, 3.63) is 73.3 Å². The fourth-order valence-electron chi connectivity index (χ4n) is 3.39. The van der Waals surface area contributed by atoms with Crippen molar-refractivity contribution in [2.75, 3.05) is 5.32 Å². The van der Waals surface area contributed by atoms with E-state index in [-0.39, 0.29) is 28.0 Å². The predicted octanol–water partition coefficient (Wildman–Crippen LogP) is 5.19. The highest BCUT2D eigenvalue weighted by molar-refractivity contribution is 7.85. The van der Waals surface area contributed by atoms with E-state index in [0.717, 1.165) is 18.2 Å². The molecule has 0 aromatic heterocycles. The highest BCUT2D eigenvalue weighted by Gasteiger charge is 2.20. The molecule has 0 spiro atoms. The zero-order valence-electron chi connectivity index (χ0n) is 16.9. The number of carbonyl (C=O) groups excluding carboxylic acids is 1. The average molecular weight is 463 g/mol. The SMILES string of the molecule is C=CC(=O)Nc1cccc(N=Nc2cc(S(=O)(=O)O)cc3c(O)c4ccccc4c(O)c23)c1. The highest BCUT2D eigenvalue weighted by atomic mass is 32.2. The summed E-state index contributed by atoms with van der Waals surface area (Å²) in [4.78, 5) is 11.0. The first-order valence-corrected chi connectivity index (χ1v) is 11.0. The number of nitrogens with one attached hydrogen (secondary N) is 1. The Morgan fingerprint density at radius 2 is 1.61 bits per heavy atom. The van der Waals surface area contributed by atoms with Gasteiger partial charge < -0.3 is 15.5 Å². The predicted molar refractivity (Wildman–Crippen MR) is 124 cm³/mol. The van der Waals surface area contributed by atoms with Crippen molar-refractivity contribution in [3.63, 3.8) is 0 Å². The molecule has 0 aliphatic carbocycles. The molecular formula is C23H17N3O6S. The molecule has 166 valence electrons. The number of anilines is 1. The molecular weight excluding hydrogens is 446 g/mol. The van der Waals surface area contributed by atoms with Crippen LogP contribution < -0.4 is 5.32 Å². The van der Waals surface area contributed by atoms with Crippen LogP contribution in [0.5, 0.6) is 11.5 Å². The number of azo groups is 1. The molecule has 0 saturated heterocycles. The third-order valence-corrected chi connectivity index (χ3v) is 5.72. The summed E-state index contributed by atoms with van der Waals surface area (Å²) in [5.41, 5.74) is 0.644. The van der Waals surface area contributed by atoms with Gasteiger partial charge in [-0.15, -0.1) is 5.11 Å². The zero-order chi connectivity index (χ0) is 23.8. The van der Waals surface area contributed by atoms with E-state index in [1.807, 2.05) is 0 Å². The molecule has 0 saturated carbocycles. The van der Waals surface area contributed by atoms with Crippen molar-refractivity contribution in [1.29, 1.82) is 0 Å². The molecule has 0 bridgehead atoms. The van der Waals surface area contributed by atoms with Gasteiger partial charge in [-0.2, -0.15) is 13.5 Å². The van der Waals surface area contributed by atoms with Crippen LogP contribution >= 0.6 is 0 Å². The molecule has 0 aliphatic rings. The number of carbonyl (C=O) groups is 1. The molecule has 9 nitrogen and oxygen atoms in total. The van der Waals surface area contributed by atoms with Gasteiger partial charge in [0.15, 0.2) is 0 Å². The fourth-order valence-corrected chi connectivity index (χ4v) is 3.92. The third kappa shape index (κ3) is 4.25. The third-order valence-electron chi connectivity index (χ3n) is 4.89. The smallest absolute Gasteiger partial charge is 0.294 e. The van der Waals surface area contributed by atoms with Gasteiger partial charge in [-0.1, -0.05) is 36.9 Å². The molecule has 4 aromatic carbocycles. The summed E-state index contributed by atoms with van der Waals surface area (Å²) in [5, 5.41) is 33.0. The second-order valence-corrected chi connectivity index (χ2v) is 8.45. The monoisotopic (exact) mass is 463 g/mol. The van der Waals surface area contributed by atoms with Crippen molar-refractivity contribution in [1.82, 2.24) is 0 Å². The summed E-state index contributed by atoms with van der Waals surface area (Å²) in [6.45, 7) is 3.38. The summed E-state index contributed by atoms with van der Waals surface area (Å²) >= 11 is 0. The Labute approximate surface area is 188 Å². The Balaban J connectivity index is 1.94. The van der Waals surface area contributed by atoms with Gasteiger partial charge in [-0.05, 0) is 36.4 Å². The lowest BCUT2D eigenvalue weighted by Gasteiger charge is -2.12. The van der Waals surface area contributed by atoms with Crippen LogP contribution in [0.15, 0.2) is 88.4 Å².